The van der Waals surface area contributed by atoms with E-state index in [4.69, 9.17) is 0 Å². The molecule has 0 saturated carbocycles. The Morgan fingerprint density at radius 2 is 1.70 bits per heavy atom. The number of imide groups is 1. The van der Waals surface area contributed by atoms with Gasteiger partial charge in [0.15, 0.2) is 9.84 Å². The summed E-state index contributed by atoms with van der Waals surface area (Å²) in [5.74, 6) is -3.56. The van der Waals surface area contributed by atoms with Gasteiger partial charge in [0.2, 0.25) is 0 Å². The number of sulfone groups is 2. The number of carbonyl (C=O) groups is 3. The van der Waals surface area contributed by atoms with E-state index in [1.165, 1.54) is 21.6 Å². The van der Waals surface area contributed by atoms with Crippen LogP contribution in [0.25, 0.3) is 0 Å². The largest absolute Gasteiger partial charge is 0.334 e. The first-order chi connectivity index (χ1) is 15.5. The minimum Gasteiger partial charge on any atom is -0.330 e. The molecule has 1 unspecified atom stereocenters. The van der Waals surface area contributed by atoms with E-state index in [1.807, 2.05) is 25.1 Å². The summed E-state index contributed by atoms with van der Waals surface area (Å²) < 4.78 is 48.7. The predicted molar refractivity (Wildman–Crippen MR) is 125 cm³/mol. The van der Waals surface area contributed by atoms with Crippen LogP contribution in [0.1, 0.15) is 39.0 Å². The number of pyridine rings is 1. The zero-order valence-corrected chi connectivity index (χ0v) is 21.3. The topological polar surface area (TPSA) is 145 Å². The van der Waals surface area contributed by atoms with Gasteiger partial charge in [0.05, 0.1) is 29.4 Å². The van der Waals surface area contributed by atoms with Crippen LogP contribution in [0.3, 0.4) is 0 Å². The zero-order valence-electron chi connectivity index (χ0n) is 18.0. The Morgan fingerprint density at radius 3 is 2.30 bits per heavy atom. The Labute approximate surface area is 201 Å². The average molecular weight is 539 g/mol. The molecule has 1 saturated heterocycles. The van der Waals surface area contributed by atoms with E-state index in [0.29, 0.717) is 11.5 Å². The van der Waals surface area contributed by atoms with Crippen molar-refractivity contribution < 1.29 is 36.1 Å². The summed E-state index contributed by atoms with van der Waals surface area (Å²) in [6, 6.07) is 5.56. The van der Waals surface area contributed by atoms with Gasteiger partial charge in [0.25, 0.3) is 11.8 Å². The van der Waals surface area contributed by atoms with Crippen molar-refractivity contribution in [3.8, 4) is 0 Å². The predicted octanol–water partition coefficient (Wildman–Crippen LogP) is 1.82. The Balaban J connectivity index is 1.65. The van der Waals surface area contributed by atoms with Crippen molar-refractivity contribution in [1.29, 1.82) is 0 Å². The summed E-state index contributed by atoms with van der Waals surface area (Å²) in [6.07, 6.45) is 1.39. The second kappa shape index (κ2) is 12.7. The summed E-state index contributed by atoms with van der Waals surface area (Å²) >= 11 is 0. The fourth-order valence-electron chi connectivity index (χ4n) is 2.67. The fourth-order valence-corrected chi connectivity index (χ4v) is 7.86. The highest BCUT2D eigenvalue weighted by Crippen LogP contribution is 2.34. The van der Waals surface area contributed by atoms with E-state index in [9.17, 15) is 31.2 Å². The third kappa shape index (κ3) is 10.4. The number of carbonyl (C=O) groups excluding carboxylic acids is 3. The van der Waals surface area contributed by atoms with Crippen molar-refractivity contribution in [3.63, 3.8) is 0 Å². The maximum absolute atomic E-state index is 12.2. The molecule has 1 aliphatic rings. The first-order valence-electron chi connectivity index (χ1n) is 10.2. The van der Waals surface area contributed by atoms with Crippen LogP contribution in [0.2, 0.25) is 0 Å². The molecule has 0 aromatic carbocycles. The average Bonchev–Trinajstić information content (AvgIpc) is 3.07. The zero-order chi connectivity index (χ0) is 24.5. The van der Waals surface area contributed by atoms with E-state index >= 15 is 0 Å². The van der Waals surface area contributed by atoms with Crippen molar-refractivity contribution in [2.24, 2.45) is 0 Å². The quantitative estimate of drug-likeness (QED) is 0.252. The van der Waals surface area contributed by atoms with Gasteiger partial charge in [0.1, 0.15) is 14.9 Å². The van der Waals surface area contributed by atoms with Gasteiger partial charge < -0.3 is 4.84 Å². The fraction of sp³-hybridized carbons (Fsp3) is 0.579. The molecule has 0 bridgehead atoms. The third-order valence-electron chi connectivity index (χ3n) is 4.50. The lowest BCUT2D eigenvalue weighted by molar-refractivity contribution is -0.197. The number of hydrogen-bond acceptors (Lipinski definition) is 11. The lowest BCUT2D eigenvalue weighted by Gasteiger charge is -2.12. The molecule has 1 aromatic rings. The van der Waals surface area contributed by atoms with E-state index < -0.39 is 49.6 Å². The molecule has 1 aromatic heterocycles. The van der Waals surface area contributed by atoms with Crippen molar-refractivity contribution in [2.45, 2.75) is 49.3 Å². The molecule has 2 rings (SSSR count). The second-order valence-corrected chi connectivity index (χ2v) is 14.7. The molecule has 0 N–H and O–H groups in total. The van der Waals surface area contributed by atoms with Gasteiger partial charge in [-0.15, -0.1) is 5.06 Å². The maximum atomic E-state index is 12.2. The van der Waals surface area contributed by atoms with Crippen LogP contribution in [0, 0.1) is 0 Å². The molecule has 10 nitrogen and oxygen atoms in total. The van der Waals surface area contributed by atoms with Gasteiger partial charge in [-0.25, -0.2) is 26.6 Å². The summed E-state index contributed by atoms with van der Waals surface area (Å²) in [6.45, 7) is 1.92. The number of nitrogens with zero attached hydrogens (tertiary/aromatic N) is 2. The molecule has 14 heteroatoms. The van der Waals surface area contributed by atoms with Gasteiger partial charge in [0, 0.05) is 24.3 Å². The minimum absolute atomic E-state index is 0.0474. The van der Waals surface area contributed by atoms with Crippen molar-refractivity contribution in [3.05, 3.63) is 24.4 Å². The highest BCUT2D eigenvalue weighted by atomic mass is 33.1. The summed E-state index contributed by atoms with van der Waals surface area (Å²) in [5, 5.41) is 1.26. The molecule has 0 aliphatic carbocycles. The van der Waals surface area contributed by atoms with Gasteiger partial charge in [-0.3, -0.25) is 9.59 Å². The highest BCUT2D eigenvalue weighted by Gasteiger charge is 2.33. The molecule has 1 aliphatic heterocycles. The van der Waals surface area contributed by atoms with E-state index in [0.717, 1.165) is 5.03 Å². The van der Waals surface area contributed by atoms with Crippen LogP contribution in [0.15, 0.2) is 29.4 Å². The van der Waals surface area contributed by atoms with Crippen LogP contribution < -0.4 is 0 Å². The first-order valence-corrected chi connectivity index (χ1v) is 16.0. The first kappa shape index (κ1) is 27.6. The van der Waals surface area contributed by atoms with Crippen LogP contribution in [0.4, 0.5) is 0 Å². The number of rotatable bonds is 14. The van der Waals surface area contributed by atoms with Gasteiger partial charge >= 0.3 is 5.97 Å². The van der Waals surface area contributed by atoms with Crippen molar-refractivity contribution in [1.82, 2.24) is 10.0 Å². The van der Waals surface area contributed by atoms with Crippen molar-refractivity contribution >= 4 is 59.0 Å². The Hall–Kier alpha value is -1.64. The van der Waals surface area contributed by atoms with Gasteiger partial charge in [-0.05, 0) is 35.8 Å². The minimum atomic E-state index is -3.70. The Kier molecular flexibility index (Phi) is 10.6. The van der Waals surface area contributed by atoms with E-state index in [-0.39, 0.29) is 41.8 Å². The summed E-state index contributed by atoms with van der Waals surface area (Å²) in [4.78, 5) is 43.3. The Bertz CT molecular complexity index is 1030. The summed E-state index contributed by atoms with van der Waals surface area (Å²) in [5.41, 5.74) is 0. The standard InChI is InChI=1S/C19H26N2O8S4/c1-15(30-31-16-5-2-3-10-20-16)8-13-32(25,26)11-4-12-33(27,28)14-9-19(24)29-21-17(22)6-7-18(21)23/h2-3,5,10,15H,4,6-9,11-14H2,1H3. The molecular formula is C19H26N2O8S4. The normalized spacial score (nSPS) is 15.6. The van der Waals surface area contributed by atoms with Gasteiger partial charge in [-0.2, -0.15) is 0 Å². The number of hydrogen-bond donors (Lipinski definition) is 0. The SMILES string of the molecule is CC(CCS(=O)(=O)CCCS(=O)(=O)CCC(=O)ON1C(=O)CCC1=O)SSc1ccccn1. The van der Waals surface area contributed by atoms with E-state index in [2.05, 4.69) is 9.82 Å². The molecule has 2 amide bonds. The lowest BCUT2D eigenvalue weighted by Crippen LogP contribution is -2.32. The maximum Gasteiger partial charge on any atom is 0.334 e. The molecule has 33 heavy (non-hydrogen) atoms. The monoisotopic (exact) mass is 538 g/mol. The molecule has 1 fully saturated rings. The number of hydroxylamine groups is 2. The number of aromatic nitrogens is 1. The molecule has 0 spiro atoms. The number of amides is 2. The van der Waals surface area contributed by atoms with Crippen molar-refractivity contribution in [2.75, 3.05) is 23.0 Å². The molecular weight excluding hydrogens is 512 g/mol. The molecule has 1 atom stereocenters. The molecule has 2 heterocycles. The van der Waals surface area contributed by atoms with Gasteiger partial charge in [-0.1, -0.05) is 23.8 Å². The smallest absolute Gasteiger partial charge is 0.330 e. The second-order valence-electron chi connectivity index (χ2n) is 7.40. The van der Waals surface area contributed by atoms with Crippen LogP contribution >= 0.6 is 21.6 Å². The van der Waals surface area contributed by atoms with Crippen LogP contribution in [-0.4, -0.2) is 72.9 Å². The third-order valence-corrected chi connectivity index (χ3v) is 10.9. The molecule has 184 valence electrons. The lowest BCUT2D eigenvalue weighted by atomic mass is 10.4. The van der Waals surface area contributed by atoms with Crippen LogP contribution in [0.5, 0.6) is 0 Å². The van der Waals surface area contributed by atoms with E-state index in [1.54, 1.807) is 6.20 Å². The Morgan fingerprint density at radius 1 is 1.06 bits per heavy atom. The summed E-state index contributed by atoms with van der Waals surface area (Å²) in [7, 11) is -4.12. The highest BCUT2D eigenvalue weighted by molar-refractivity contribution is 8.76. The van der Waals surface area contributed by atoms with Crippen LogP contribution in [-0.2, 0) is 38.9 Å². The molecule has 0 radical (unpaired) electrons.